The third-order valence-corrected chi connectivity index (χ3v) is 3.55. The van der Waals surface area contributed by atoms with Crippen LogP contribution in [0.15, 0.2) is 54.6 Å². The second-order valence-electron chi connectivity index (χ2n) is 5.44. The van der Waals surface area contributed by atoms with Gasteiger partial charge in [-0.05, 0) is 37.2 Å². The van der Waals surface area contributed by atoms with Crippen LogP contribution in [0, 0.1) is 0 Å². The number of nitrogens with zero attached hydrogens (tertiary/aromatic N) is 1. The van der Waals surface area contributed by atoms with Crippen LogP contribution >= 0.6 is 11.6 Å². The number of hydrogen-bond acceptors (Lipinski definition) is 2. The predicted molar refractivity (Wildman–Crippen MR) is 83.8 cm³/mol. The Morgan fingerprint density at radius 3 is 2.45 bits per heavy atom. The third-order valence-electron chi connectivity index (χ3n) is 3.32. The monoisotopic (exact) mass is 289 g/mol. The van der Waals surface area contributed by atoms with E-state index in [0.29, 0.717) is 6.54 Å². The van der Waals surface area contributed by atoms with Gasteiger partial charge in [-0.2, -0.15) is 0 Å². The van der Waals surface area contributed by atoms with E-state index in [1.165, 1.54) is 0 Å². The van der Waals surface area contributed by atoms with Crippen molar-refractivity contribution in [2.75, 3.05) is 13.6 Å². The van der Waals surface area contributed by atoms with Gasteiger partial charge in [0.2, 0.25) is 0 Å². The fraction of sp³-hybridized carbons (Fsp3) is 0.294. The number of likely N-dealkylation sites (N-methyl/N-ethyl adjacent to an activating group) is 1. The van der Waals surface area contributed by atoms with E-state index < -0.39 is 5.60 Å². The molecular weight excluding hydrogens is 270 g/mol. The van der Waals surface area contributed by atoms with Crippen molar-refractivity contribution in [1.82, 2.24) is 4.90 Å². The Morgan fingerprint density at radius 2 is 1.80 bits per heavy atom. The molecule has 0 aliphatic rings. The largest absolute Gasteiger partial charge is 0.384 e. The summed E-state index contributed by atoms with van der Waals surface area (Å²) in [4.78, 5) is 2.10. The summed E-state index contributed by atoms with van der Waals surface area (Å²) in [6.07, 6.45) is 0. The third kappa shape index (κ3) is 4.07. The van der Waals surface area contributed by atoms with E-state index >= 15 is 0 Å². The molecule has 20 heavy (non-hydrogen) atoms. The zero-order valence-corrected chi connectivity index (χ0v) is 12.6. The van der Waals surface area contributed by atoms with Gasteiger partial charge in [0.15, 0.2) is 0 Å². The van der Waals surface area contributed by atoms with Crippen molar-refractivity contribution in [2.24, 2.45) is 0 Å². The second-order valence-corrected chi connectivity index (χ2v) is 5.88. The molecule has 0 aliphatic heterocycles. The molecule has 0 bridgehead atoms. The first kappa shape index (κ1) is 15.0. The maximum Gasteiger partial charge on any atom is 0.0994 e. The summed E-state index contributed by atoms with van der Waals surface area (Å²) in [7, 11) is 2.00. The molecule has 0 fully saturated rings. The molecule has 1 N–H and O–H groups in total. The fourth-order valence-corrected chi connectivity index (χ4v) is 2.63. The van der Waals surface area contributed by atoms with Crippen molar-refractivity contribution >= 4 is 11.6 Å². The van der Waals surface area contributed by atoms with Crippen molar-refractivity contribution in [3.8, 4) is 0 Å². The van der Waals surface area contributed by atoms with E-state index in [9.17, 15) is 5.11 Å². The van der Waals surface area contributed by atoms with Gasteiger partial charge in [-0.1, -0.05) is 54.1 Å². The zero-order valence-electron chi connectivity index (χ0n) is 11.9. The van der Waals surface area contributed by atoms with E-state index in [1.807, 2.05) is 68.6 Å². The quantitative estimate of drug-likeness (QED) is 0.908. The van der Waals surface area contributed by atoms with Crippen LogP contribution in [0.2, 0.25) is 5.02 Å². The highest BCUT2D eigenvalue weighted by atomic mass is 35.5. The maximum atomic E-state index is 10.6. The van der Waals surface area contributed by atoms with E-state index in [1.54, 1.807) is 0 Å². The van der Waals surface area contributed by atoms with Gasteiger partial charge >= 0.3 is 0 Å². The van der Waals surface area contributed by atoms with Crippen LogP contribution in [-0.2, 0) is 12.1 Å². The zero-order chi connectivity index (χ0) is 14.6. The Balaban J connectivity index is 2.02. The second kappa shape index (κ2) is 6.40. The minimum Gasteiger partial charge on any atom is -0.384 e. The summed E-state index contributed by atoms with van der Waals surface area (Å²) in [6.45, 7) is 3.16. The molecule has 0 radical (unpaired) electrons. The lowest BCUT2D eigenvalue weighted by atomic mass is 9.95. The minimum atomic E-state index is -0.866. The van der Waals surface area contributed by atoms with Crippen LogP contribution in [0.3, 0.4) is 0 Å². The lowest BCUT2D eigenvalue weighted by Crippen LogP contribution is -2.36. The Morgan fingerprint density at radius 1 is 1.10 bits per heavy atom. The molecule has 2 rings (SSSR count). The molecule has 3 heteroatoms. The molecule has 0 heterocycles. The van der Waals surface area contributed by atoms with E-state index in [2.05, 4.69) is 4.90 Å². The molecule has 1 unspecified atom stereocenters. The summed E-state index contributed by atoms with van der Waals surface area (Å²) in [5.74, 6) is 0. The van der Waals surface area contributed by atoms with E-state index in [-0.39, 0.29) is 0 Å². The Kier molecular flexibility index (Phi) is 4.81. The summed E-state index contributed by atoms with van der Waals surface area (Å²) in [6, 6.07) is 17.6. The van der Waals surface area contributed by atoms with Crippen LogP contribution in [-0.4, -0.2) is 23.6 Å². The van der Waals surface area contributed by atoms with Crippen molar-refractivity contribution in [3.63, 3.8) is 0 Å². The predicted octanol–water partition coefficient (Wildman–Crippen LogP) is 3.68. The van der Waals surface area contributed by atoms with Crippen molar-refractivity contribution in [2.45, 2.75) is 19.1 Å². The van der Waals surface area contributed by atoms with Crippen LogP contribution in [0.1, 0.15) is 18.1 Å². The SMILES string of the molecule is CN(Cc1cccc(Cl)c1)CC(C)(O)c1ccccc1. The van der Waals surface area contributed by atoms with Gasteiger partial charge in [-0.3, -0.25) is 4.90 Å². The highest BCUT2D eigenvalue weighted by Gasteiger charge is 2.24. The molecule has 2 aromatic carbocycles. The molecule has 0 saturated carbocycles. The fourth-order valence-electron chi connectivity index (χ4n) is 2.42. The number of rotatable bonds is 5. The first-order valence-corrected chi connectivity index (χ1v) is 7.06. The molecule has 2 nitrogen and oxygen atoms in total. The highest BCUT2D eigenvalue weighted by molar-refractivity contribution is 6.30. The van der Waals surface area contributed by atoms with Gasteiger partial charge in [0.05, 0.1) is 5.60 Å². The molecule has 0 amide bonds. The average molecular weight is 290 g/mol. The van der Waals surface area contributed by atoms with Crippen LogP contribution in [0.4, 0.5) is 0 Å². The molecular formula is C17H20ClNO. The summed E-state index contributed by atoms with van der Waals surface area (Å²) >= 11 is 5.99. The molecule has 0 spiro atoms. The van der Waals surface area contributed by atoms with Gasteiger partial charge in [0.25, 0.3) is 0 Å². The molecule has 0 aliphatic carbocycles. The van der Waals surface area contributed by atoms with Crippen molar-refractivity contribution < 1.29 is 5.11 Å². The van der Waals surface area contributed by atoms with Crippen LogP contribution in [0.25, 0.3) is 0 Å². The Labute approximate surface area is 125 Å². The molecule has 106 valence electrons. The summed E-state index contributed by atoms with van der Waals surface area (Å²) < 4.78 is 0. The Hall–Kier alpha value is -1.35. The normalized spacial score (nSPS) is 14.2. The first-order valence-electron chi connectivity index (χ1n) is 6.68. The van der Waals surface area contributed by atoms with Crippen LogP contribution in [0.5, 0.6) is 0 Å². The molecule has 0 aromatic heterocycles. The van der Waals surface area contributed by atoms with Gasteiger partial charge < -0.3 is 5.11 Å². The van der Waals surface area contributed by atoms with Gasteiger partial charge in [0, 0.05) is 18.1 Å². The Bertz CT molecular complexity index is 554. The van der Waals surface area contributed by atoms with Crippen LogP contribution < -0.4 is 0 Å². The number of benzene rings is 2. The van der Waals surface area contributed by atoms with Crippen molar-refractivity contribution in [1.29, 1.82) is 0 Å². The standard InChI is InChI=1S/C17H20ClNO/c1-17(20,15-8-4-3-5-9-15)13-19(2)12-14-7-6-10-16(18)11-14/h3-11,20H,12-13H2,1-2H3. The maximum absolute atomic E-state index is 10.6. The van der Waals surface area contributed by atoms with Gasteiger partial charge in [-0.25, -0.2) is 0 Å². The van der Waals surface area contributed by atoms with Gasteiger partial charge in [0.1, 0.15) is 0 Å². The molecule has 2 aromatic rings. The summed E-state index contributed by atoms with van der Waals surface area (Å²) in [5.41, 5.74) is 1.20. The molecule has 0 saturated heterocycles. The van der Waals surface area contributed by atoms with Gasteiger partial charge in [-0.15, -0.1) is 0 Å². The summed E-state index contributed by atoms with van der Waals surface area (Å²) in [5, 5.41) is 11.4. The highest BCUT2D eigenvalue weighted by Crippen LogP contribution is 2.22. The minimum absolute atomic E-state index is 0.559. The average Bonchev–Trinajstić information content (AvgIpc) is 2.39. The number of hydrogen-bond donors (Lipinski definition) is 1. The van der Waals surface area contributed by atoms with E-state index in [4.69, 9.17) is 11.6 Å². The number of halogens is 1. The lowest BCUT2D eigenvalue weighted by molar-refractivity contribution is 0.0214. The lowest BCUT2D eigenvalue weighted by Gasteiger charge is -2.29. The first-order chi connectivity index (χ1) is 9.47. The smallest absolute Gasteiger partial charge is 0.0994 e. The van der Waals surface area contributed by atoms with E-state index in [0.717, 1.165) is 22.7 Å². The molecule has 1 atom stereocenters. The number of aliphatic hydroxyl groups is 1. The van der Waals surface area contributed by atoms with Crippen molar-refractivity contribution in [3.05, 3.63) is 70.7 Å². The topological polar surface area (TPSA) is 23.5 Å².